The minimum absolute atomic E-state index is 0.00120. The summed E-state index contributed by atoms with van der Waals surface area (Å²) < 4.78 is 0. The summed E-state index contributed by atoms with van der Waals surface area (Å²) in [5.41, 5.74) is 0.354. The molecule has 2 fully saturated rings. The fourth-order valence-electron chi connectivity index (χ4n) is 6.19. The van der Waals surface area contributed by atoms with Crippen LogP contribution in [0, 0.1) is 5.92 Å². The molecular formula is C28H36Cl2N2O3. The first-order valence-electron chi connectivity index (χ1n) is 12.5. The second-order valence-electron chi connectivity index (χ2n) is 10.9. The lowest BCUT2D eigenvalue weighted by Crippen LogP contribution is -2.67. The van der Waals surface area contributed by atoms with E-state index < -0.39 is 11.0 Å². The average Bonchev–Trinajstić information content (AvgIpc) is 2.79. The predicted molar refractivity (Wildman–Crippen MR) is 141 cm³/mol. The molecule has 1 heterocycles. The average molecular weight is 520 g/mol. The van der Waals surface area contributed by atoms with E-state index in [1.165, 1.54) is 0 Å². The molecule has 1 aliphatic carbocycles. The van der Waals surface area contributed by atoms with Crippen molar-refractivity contribution in [1.29, 1.82) is 0 Å². The van der Waals surface area contributed by atoms with Gasteiger partial charge in [0.15, 0.2) is 0 Å². The van der Waals surface area contributed by atoms with Crippen LogP contribution in [0.5, 0.6) is 5.75 Å². The fraction of sp³-hybridized carbons (Fsp3) is 0.536. The summed E-state index contributed by atoms with van der Waals surface area (Å²) in [6, 6.07) is 12.7. The summed E-state index contributed by atoms with van der Waals surface area (Å²) in [5.74, 6) is 0.573. The Morgan fingerprint density at radius 3 is 2.63 bits per heavy atom. The monoisotopic (exact) mass is 518 g/mol. The normalized spacial score (nSPS) is 27.0. The number of likely N-dealkylation sites (tertiary alicyclic amines) is 1. The van der Waals surface area contributed by atoms with E-state index in [0.29, 0.717) is 41.9 Å². The number of amides is 1. The van der Waals surface area contributed by atoms with Crippen molar-refractivity contribution in [3.8, 4) is 5.75 Å². The van der Waals surface area contributed by atoms with Gasteiger partial charge in [-0.2, -0.15) is 0 Å². The number of benzene rings is 2. The molecule has 5 nitrogen and oxygen atoms in total. The highest BCUT2D eigenvalue weighted by molar-refractivity contribution is 6.42. The van der Waals surface area contributed by atoms with Crippen LogP contribution in [0.4, 0.5) is 0 Å². The maximum atomic E-state index is 13.7. The largest absolute Gasteiger partial charge is 0.508 e. The first kappa shape index (κ1) is 26.3. The molecular weight excluding hydrogens is 483 g/mol. The molecule has 3 unspecified atom stereocenters. The second kappa shape index (κ2) is 10.3. The van der Waals surface area contributed by atoms with E-state index in [2.05, 4.69) is 18.7 Å². The Kier molecular flexibility index (Phi) is 7.73. The van der Waals surface area contributed by atoms with Gasteiger partial charge in [-0.1, -0.05) is 55.2 Å². The van der Waals surface area contributed by atoms with Gasteiger partial charge in [-0.05, 0) is 80.6 Å². The van der Waals surface area contributed by atoms with Gasteiger partial charge in [0, 0.05) is 24.5 Å². The number of carbonyl (C=O) groups excluding carboxylic acids is 1. The summed E-state index contributed by atoms with van der Waals surface area (Å²) in [6.07, 6.45) is 3.04. The molecule has 0 bridgehead atoms. The van der Waals surface area contributed by atoms with Crippen molar-refractivity contribution in [1.82, 2.24) is 9.80 Å². The molecule has 2 aromatic rings. The molecule has 1 saturated carbocycles. The van der Waals surface area contributed by atoms with Crippen LogP contribution in [0.2, 0.25) is 10.0 Å². The Morgan fingerprint density at radius 2 is 1.94 bits per heavy atom. The number of likely N-dealkylation sites (N-methyl/N-ethyl adjacent to an activating group) is 1. The van der Waals surface area contributed by atoms with Crippen molar-refractivity contribution in [2.24, 2.45) is 5.92 Å². The minimum atomic E-state index is -0.916. The Labute approximate surface area is 218 Å². The molecule has 1 saturated heterocycles. The summed E-state index contributed by atoms with van der Waals surface area (Å²) in [4.78, 5) is 17.9. The van der Waals surface area contributed by atoms with Gasteiger partial charge < -0.3 is 20.0 Å². The number of hydrogen-bond donors (Lipinski definition) is 2. The third-order valence-electron chi connectivity index (χ3n) is 7.88. The van der Waals surface area contributed by atoms with Crippen LogP contribution >= 0.6 is 23.2 Å². The van der Waals surface area contributed by atoms with Gasteiger partial charge in [-0.3, -0.25) is 4.79 Å². The highest BCUT2D eigenvalue weighted by Gasteiger charge is 2.58. The van der Waals surface area contributed by atoms with E-state index in [1.54, 1.807) is 24.3 Å². The summed E-state index contributed by atoms with van der Waals surface area (Å²) in [6.45, 7) is 6.33. The van der Waals surface area contributed by atoms with E-state index in [0.717, 1.165) is 30.5 Å². The molecule has 35 heavy (non-hydrogen) atoms. The Balaban J connectivity index is 1.67. The minimum Gasteiger partial charge on any atom is -0.508 e. The first-order valence-corrected chi connectivity index (χ1v) is 13.2. The molecule has 3 atom stereocenters. The quantitative estimate of drug-likeness (QED) is 0.545. The zero-order valence-corrected chi connectivity index (χ0v) is 22.3. The third-order valence-corrected chi connectivity index (χ3v) is 8.62. The van der Waals surface area contributed by atoms with E-state index in [9.17, 15) is 15.0 Å². The predicted octanol–water partition coefficient (Wildman–Crippen LogP) is 5.28. The highest BCUT2D eigenvalue weighted by atomic mass is 35.5. The number of phenolic OH excluding ortho intramolecular Hbond substituents is 1. The maximum absolute atomic E-state index is 13.7. The standard InChI is InChI=1S/C28H36Cl2N2O3/c1-19(2)17-32(26(34)14-20-7-8-24(29)25(30)13-20)22-9-10-28(35)18-31(3)12-11-27(28,16-22)21-5-4-6-23(33)15-21/h4-8,13,15,19,22,33,35H,9-12,14,16-18H2,1-3H3. The molecule has 0 aromatic heterocycles. The summed E-state index contributed by atoms with van der Waals surface area (Å²) in [7, 11) is 2.04. The number of piperidine rings is 1. The number of β-amino-alcohol motifs (C(OH)–C–C–N with tert-alkyl or cyclic N) is 1. The topological polar surface area (TPSA) is 64.0 Å². The molecule has 2 N–H and O–H groups in total. The van der Waals surface area contributed by atoms with Crippen LogP contribution in [0.3, 0.4) is 0 Å². The van der Waals surface area contributed by atoms with E-state index in [-0.39, 0.29) is 24.1 Å². The molecule has 7 heteroatoms. The van der Waals surface area contributed by atoms with Crippen LogP contribution in [0.15, 0.2) is 42.5 Å². The summed E-state index contributed by atoms with van der Waals surface area (Å²) in [5, 5.41) is 23.2. The zero-order valence-electron chi connectivity index (χ0n) is 20.8. The highest BCUT2D eigenvalue weighted by Crippen LogP contribution is 2.52. The number of halogens is 2. The van der Waals surface area contributed by atoms with Gasteiger partial charge in [0.2, 0.25) is 5.91 Å². The van der Waals surface area contributed by atoms with Crippen molar-refractivity contribution in [3.05, 3.63) is 63.6 Å². The summed E-state index contributed by atoms with van der Waals surface area (Å²) >= 11 is 12.3. The van der Waals surface area contributed by atoms with Crippen LogP contribution in [0.25, 0.3) is 0 Å². The van der Waals surface area contributed by atoms with Gasteiger partial charge in [0.05, 0.1) is 22.1 Å². The number of carbonyl (C=O) groups is 1. The number of hydrogen-bond acceptors (Lipinski definition) is 4. The van der Waals surface area contributed by atoms with Crippen molar-refractivity contribution in [3.63, 3.8) is 0 Å². The lowest BCUT2D eigenvalue weighted by Gasteiger charge is -2.59. The Hall–Kier alpha value is -1.79. The number of phenols is 1. The second-order valence-corrected chi connectivity index (χ2v) is 11.7. The van der Waals surface area contributed by atoms with Crippen LogP contribution in [0.1, 0.15) is 50.7 Å². The first-order chi connectivity index (χ1) is 16.5. The number of aliphatic hydroxyl groups is 1. The molecule has 4 rings (SSSR count). The van der Waals surface area contributed by atoms with Crippen molar-refractivity contribution in [2.75, 3.05) is 26.7 Å². The van der Waals surface area contributed by atoms with Gasteiger partial charge in [-0.25, -0.2) is 0 Å². The molecule has 1 aliphatic heterocycles. The Bertz CT molecular complexity index is 1080. The SMILES string of the molecule is CC(C)CN(C(=O)Cc1ccc(Cl)c(Cl)c1)C1CCC2(O)CN(C)CCC2(c2cccc(O)c2)C1. The lowest BCUT2D eigenvalue weighted by molar-refractivity contribution is -0.148. The molecule has 1 amide bonds. The van der Waals surface area contributed by atoms with Crippen molar-refractivity contribution < 1.29 is 15.0 Å². The Morgan fingerprint density at radius 1 is 1.17 bits per heavy atom. The number of fused-ring (bicyclic) bond motifs is 1. The van der Waals surface area contributed by atoms with Gasteiger partial charge in [-0.15, -0.1) is 0 Å². The molecule has 2 aliphatic rings. The van der Waals surface area contributed by atoms with Crippen molar-refractivity contribution in [2.45, 2.75) is 63.0 Å². The third kappa shape index (κ3) is 5.34. The lowest BCUT2D eigenvalue weighted by atomic mass is 9.55. The number of aromatic hydroxyl groups is 1. The maximum Gasteiger partial charge on any atom is 0.227 e. The van der Waals surface area contributed by atoms with Crippen LogP contribution < -0.4 is 0 Å². The molecule has 2 aromatic carbocycles. The smallest absolute Gasteiger partial charge is 0.227 e. The number of nitrogens with zero attached hydrogens (tertiary/aromatic N) is 2. The van der Waals surface area contributed by atoms with Gasteiger partial charge >= 0.3 is 0 Å². The molecule has 0 spiro atoms. The molecule has 190 valence electrons. The molecule has 0 radical (unpaired) electrons. The zero-order chi connectivity index (χ0) is 25.4. The van der Waals surface area contributed by atoms with E-state index in [1.807, 2.05) is 30.1 Å². The van der Waals surface area contributed by atoms with Crippen LogP contribution in [-0.4, -0.2) is 64.2 Å². The van der Waals surface area contributed by atoms with E-state index in [4.69, 9.17) is 23.2 Å². The van der Waals surface area contributed by atoms with E-state index >= 15 is 0 Å². The van der Waals surface area contributed by atoms with Crippen LogP contribution in [-0.2, 0) is 16.6 Å². The van der Waals surface area contributed by atoms with Gasteiger partial charge in [0.25, 0.3) is 0 Å². The van der Waals surface area contributed by atoms with Crippen molar-refractivity contribution >= 4 is 29.1 Å². The fourth-order valence-corrected chi connectivity index (χ4v) is 6.51. The van der Waals surface area contributed by atoms with Gasteiger partial charge in [0.1, 0.15) is 5.75 Å². The number of rotatable bonds is 6.